The van der Waals surface area contributed by atoms with Crippen LogP contribution in [0.1, 0.15) is 93.4 Å². The number of piperidine rings is 2. The van der Waals surface area contributed by atoms with Gasteiger partial charge in [-0.25, -0.2) is 29.3 Å². The van der Waals surface area contributed by atoms with Gasteiger partial charge in [0, 0.05) is 86.4 Å². The lowest BCUT2D eigenvalue weighted by atomic mass is 9.75. The molecule has 4 saturated heterocycles. The van der Waals surface area contributed by atoms with Crippen LogP contribution < -0.4 is 9.80 Å². The van der Waals surface area contributed by atoms with E-state index in [0.717, 1.165) is 88.7 Å². The van der Waals surface area contributed by atoms with Gasteiger partial charge >= 0.3 is 0 Å². The molecule has 382 valence electrons. The van der Waals surface area contributed by atoms with Gasteiger partial charge in [-0.15, -0.1) is 0 Å². The highest BCUT2D eigenvalue weighted by molar-refractivity contribution is 6.35. The highest BCUT2D eigenvalue weighted by atomic mass is 35.5. The van der Waals surface area contributed by atoms with Crippen LogP contribution in [0.5, 0.6) is 0 Å². The van der Waals surface area contributed by atoms with Crippen molar-refractivity contribution in [2.24, 2.45) is 29.6 Å². The standard InChI is InChI=1S/C53H61Cl4N15O/c1-5-14-67-15-6-8-34(26-67)36-28-69(29-36)48-24-61-51-45(22-59)65-72(53(51)63-48)46(41-13-11-39(55)20-43(41)57)18-33-17-35(27-68(25-33)16-7-9-49(73)66(3)4)37-30-70(31-37)47-23-60-50-44(21-58)64-71(52(50)62-47)32(2)40-12-10-38(54)19-42(40)56/h10-13,19-20,23-24,32-37,46H,5-9,14-18,25-31H2,1-4H3. The third-order valence-corrected chi connectivity index (χ3v) is 17.0. The molecule has 5 atom stereocenters. The number of aromatic nitrogens is 8. The average Bonchev–Trinajstić information content (AvgIpc) is 3.90. The van der Waals surface area contributed by atoms with E-state index in [1.807, 2.05) is 29.8 Å². The van der Waals surface area contributed by atoms with Gasteiger partial charge in [0.1, 0.15) is 34.8 Å². The third-order valence-electron chi connectivity index (χ3n) is 15.8. The lowest BCUT2D eigenvalue weighted by Gasteiger charge is -2.49. The molecule has 4 aromatic heterocycles. The molecule has 0 radical (unpaired) electrons. The van der Waals surface area contributed by atoms with Crippen LogP contribution in [-0.2, 0) is 4.79 Å². The van der Waals surface area contributed by atoms with Crippen molar-refractivity contribution in [2.45, 2.75) is 70.9 Å². The number of hydrogen-bond acceptors (Lipinski definition) is 13. The number of halogens is 4. The zero-order valence-corrected chi connectivity index (χ0v) is 44.8. The Morgan fingerprint density at radius 3 is 1.90 bits per heavy atom. The molecular formula is C53H61Cl4N15O. The fraction of sp³-hybridized carbons (Fsp3) is 0.528. The fourth-order valence-corrected chi connectivity index (χ4v) is 13.0. The SMILES string of the molecule is CCCN1CCCC(C2CN(c3cnc4c(C#N)nn(C(CC5CC(C6CN(c7cnc8c(C#N)nn(C(C)c9ccc(Cl)cc9Cl)c8n7)C6)CN(CCCC(=O)N(C)C)C5)c5ccc(Cl)cc5Cl)c4n3)C2)C1. The minimum Gasteiger partial charge on any atom is -0.355 e. The highest BCUT2D eigenvalue weighted by Crippen LogP contribution is 2.42. The van der Waals surface area contributed by atoms with E-state index in [1.165, 1.54) is 25.8 Å². The molecule has 10 rings (SSSR count). The van der Waals surface area contributed by atoms with Gasteiger partial charge in [-0.3, -0.25) is 4.79 Å². The Kier molecular flexibility index (Phi) is 15.3. The maximum atomic E-state index is 12.8. The molecule has 0 spiro atoms. The third kappa shape index (κ3) is 10.7. The molecule has 1 amide bonds. The van der Waals surface area contributed by atoms with E-state index in [0.29, 0.717) is 84.7 Å². The maximum Gasteiger partial charge on any atom is 0.222 e. The van der Waals surface area contributed by atoms with E-state index in [1.54, 1.807) is 54.3 Å². The molecule has 16 nitrogen and oxygen atoms in total. The summed E-state index contributed by atoms with van der Waals surface area (Å²) in [7, 11) is 3.60. The van der Waals surface area contributed by atoms with E-state index in [9.17, 15) is 15.3 Å². The van der Waals surface area contributed by atoms with Crippen molar-refractivity contribution in [3.05, 3.63) is 91.4 Å². The van der Waals surface area contributed by atoms with Gasteiger partial charge in [0.05, 0.1) is 24.5 Å². The Morgan fingerprint density at radius 2 is 1.32 bits per heavy atom. The molecule has 0 bridgehead atoms. The number of fused-ring (bicyclic) bond motifs is 2. The molecule has 0 N–H and O–H groups in total. The molecule has 5 unspecified atom stereocenters. The van der Waals surface area contributed by atoms with Gasteiger partial charge in [0.2, 0.25) is 5.91 Å². The summed E-state index contributed by atoms with van der Waals surface area (Å²) in [5, 5.41) is 32.2. The second-order valence-electron chi connectivity index (χ2n) is 20.9. The van der Waals surface area contributed by atoms with Crippen molar-refractivity contribution in [3.8, 4) is 12.1 Å². The molecular weight excluding hydrogens is 1000 g/mol. The molecule has 4 fully saturated rings. The topological polar surface area (TPSA) is 168 Å². The number of carbonyl (C=O) groups is 1. The average molecular weight is 1070 g/mol. The summed E-state index contributed by atoms with van der Waals surface area (Å²) in [6.45, 7) is 13.7. The van der Waals surface area contributed by atoms with E-state index >= 15 is 0 Å². The summed E-state index contributed by atoms with van der Waals surface area (Å²) in [4.78, 5) is 44.1. The summed E-state index contributed by atoms with van der Waals surface area (Å²) >= 11 is 26.5. The minimum absolute atomic E-state index is 0.116. The number of nitrogens with zero attached hydrogens (tertiary/aromatic N) is 15. The Balaban J connectivity index is 0.916. The predicted molar refractivity (Wildman–Crippen MR) is 286 cm³/mol. The molecule has 0 saturated carbocycles. The van der Waals surface area contributed by atoms with Crippen molar-refractivity contribution < 1.29 is 4.79 Å². The number of rotatable bonds is 16. The van der Waals surface area contributed by atoms with Crippen molar-refractivity contribution in [1.29, 1.82) is 10.5 Å². The molecule has 20 heteroatoms. The summed E-state index contributed by atoms with van der Waals surface area (Å²) in [6, 6.07) is 14.7. The van der Waals surface area contributed by atoms with Gasteiger partial charge in [0.15, 0.2) is 22.7 Å². The van der Waals surface area contributed by atoms with Gasteiger partial charge in [-0.1, -0.05) is 65.5 Å². The van der Waals surface area contributed by atoms with Gasteiger partial charge < -0.3 is 24.5 Å². The first-order valence-corrected chi connectivity index (χ1v) is 27.1. The smallest absolute Gasteiger partial charge is 0.222 e. The van der Waals surface area contributed by atoms with Crippen molar-refractivity contribution in [3.63, 3.8) is 0 Å². The fourth-order valence-electron chi connectivity index (χ4n) is 11.9. The Hall–Kier alpha value is -5.33. The Labute approximate surface area is 446 Å². The van der Waals surface area contributed by atoms with Gasteiger partial charge in [-0.2, -0.15) is 20.7 Å². The second kappa shape index (κ2) is 21.9. The number of amides is 1. The van der Waals surface area contributed by atoms with E-state index in [-0.39, 0.29) is 35.3 Å². The van der Waals surface area contributed by atoms with Crippen molar-refractivity contribution in [2.75, 3.05) is 89.3 Å². The Morgan fingerprint density at radius 1 is 0.740 bits per heavy atom. The summed E-state index contributed by atoms with van der Waals surface area (Å²) in [6.07, 6.45) is 10.1. The Bertz CT molecular complexity index is 3080. The van der Waals surface area contributed by atoms with Gasteiger partial charge in [0.25, 0.3) is 0 Å². The van der Waals surface area contributed by atoms with E-state index in [4.69, 9.17) is 71.4 Å². The number of nitriles is 2. The second-order valence-corrected chi connectivity index (χ2v) is 22.6. The van der Waals surface area contributed by atoms with Crippen LogP contribution in [-0.4, -0.2) is 140 Å². The predicted octanol–water partition coefficient (Wildman–Crippen LogP) is 9.41. The molecule has 73 heavy (non-hydrogen) atoms. The monoisotopic (exact) mass is 1060 g/mol. The van der Waals surface area contributed by atoms with Crippen LogP contribution >= 0.6 is 46.4 Å². The van der Waals surface area contributed by atoms with Crippen LogP contribution in [0.15, 0.2) is 48.8 Å². The van der Waals surface area contributed by atoms with Crippen LogP contribution in [0.4, 0.5) is 11.6 Å². The molecule has 6 aromatic rings. The molecule has 2 aromatic carbocycles. The normalized spacial score (nSPS) is 20.9. The number of benzene rings is 2. The van der Waals surface area contributed by atoms with Crippen molar-refractivity contribution in [1.82, 2.24) is 54.2 Å². The number of carbonyl (C=O) groups excluding carboxylic acids is 1. The first-order valence-electron chi connectivity index (χ1n) is 25.6. The van der Waals surface area contributed by atoms with E-state index in [2.05, 4.69) is 43.8 Å². The first-order chi connectivity index (χ1) is 35.3. The quantitative estimate of drug-likeness (QED) is 0.0900. The zero-order valence-electron chi connectivity index (χ0n) is 41.8. The molecule has 4 aliphatic rings. The molecule has 0 aliphatic carbocycles. The first kappa shape index (κ1) is 51.2. The lowest BCUT2D eigenvalue weighted by Crippen LogP contribution is -2.55. The zero-order chi connectivity index (χ0) is 51.1. The lowest BCUT2D eigenvalue weighted by molar-refractivity contribution is -0.128. The van der Waals surface area contributed by atoms with Gasteiger partial charge in [-0.05, 0) is 130 Å². The van der Waals surface area contributed by atoms with Crippen molar-refractivity contribution >= 4 is 86.3 Å². The minimum atomic E-state index is -0.385. The maximum absolute atomic E-state index is 12.8. The van der Waals surface area contributed by atoms with Crippen LogP contribution in [0.25, 0.3) is 22.3 Å². The van der Waals surface area contributed by atoms with Crippen LogP contribution in [0.3, 0.4) is 0 Å². The van der Waals surface area contributed by atoms with Crippen LogP contribution in [0, 0.1) is 52.3 Å². The number of likely N-dealkylation sites (tertiary alicyclic amines) is 2. The summed E-state index contributed by atoms with van der Waals surface area (Å²) in [5.41, 5.74) is 4.06. The molecule has 4 aliphatic heterocycles. The van der Waals surface area contributed by atoms with Crippen LogP contribution in [0.2, 0.25) is 20.1 Å². The molecule has 8 heterocycles. The van der Waals surface area contributed by atoms with E-state index < -0.39 is 0 Å². The largest absolute Gasteiger partial charge is 0.355 e. The number of hydrogen-bond donors (Lipinski definition) is 0. The number of anilines is 2. The summed E-state index contributed by atoms with van der Waals surface area (Å²) < 4.78 is 3.62. The highest BCUT2D eigenvalue weighted by Gasteiger charge is 2.41. The summed E-state index contributed by atoms with van der Waals surface area (Å²) in [5.74, 6) is 3.77.